The summed E-state index contributed by atoms with van der Waals surface area (Å²) in [4.78, 5) is 10.4. The molecule has 1 rings (SSSR count). The van der Waals surface area contributed by atoms with Crippen molar-refractivity contribution in [3.8, 4) is 6.07 Å². The topological polar surface area (TPSA) is 61.1 Å². The van der Waals surface area contributed by atoms with Crippen LogP contribution in [0.15, 0.2) is 18.2 Å². The number of aliphatic carboxylic acids is 1. The van der Waals surface area contributed by atoms with Gasteiger partial charge in [0, 0.05) is 0 Å². The molecule has 4 heteroatoms. The molecule has 0 aromatic heterocycles. The molecule has 0 aliphatic rings. The number of rotatable bonds is 3. The van der Waals surface area contributed by atoms with Crippen molar-refractivity contribution < 1.29 is 14.3 Å². The molecule has 0 unspecified atom stereocenters. The van der Waals surface area contributed by atoms with Gasteiger partial charge >= 0.3 is 5.97 Å². The van der Waals surface area contributed by atoms with Gasteiger partial charge in [-0.3, -0.25) is 4.79 Å². The monoisotopic (exact) mass is 193 g/mol. The highest BCUT2D eigenvalue weighted by molar-refractivity contribution is 5.71. The van der Waals surface area contributed by atoms with Gasteiger partial charge in [0.25, 0.3) is 0 Å². The Hall–Kier alpha value is -1.89. The first-order valence-electron chi connectivity index (χ1n) is 3.97. The van der Waals surface area contributed by atoms with Crippen LogP contribution in [0.1, 0.15) is 16.7 Å². The summed E-state index contributed by atoms with van der Waals surface area (Å²) in [6.45, 7) is -0.714. The predicted molar refractivity (Wildman–Crippen MR) is 47.3 cm³/mol. The molecule has 0 radical (unpaired) electrons. The van der Waals surface area contributed by atoms with E-state index in [4.69, 9.17) is 10.4 Å². The molecule has 0 saturated carbocycles. The summed E-state index contributed by atoms with van der Waals surface area (Å²) in [5.41, 5.74) is 1.03. The Morgan fingerprint density at radius 2 is 2.21 bits per heavy atom. The molecule has 14 heavy (non-hydrogen) atoms. The number of hydrogen-bond acceptors (Lipinski definition) is 2. The highest BCUT2D eigenvalue weighted by Crippen LogP contribution is 2.13. The lowest BCUT2D eigenvalue weighted by Gasteiger charge is -2.03. The Morgan fingerprint density at radius 1 is 1.50 bits per heavy atom. The molecule has 0 heterocycles. The lowest BCUT2D eigenvalue weighted by Crippen LogP contribution is -2.03. The van der Waals surface area contributed by atoms with Gasteiger partial charge in [0.15, 0.2) is 0 Å². The Morgan fingerprint density at radius 3 is 2.71 bits per heavy atom. The van der Waals surface area contributed by atoms with Crippen molar-refractivity contribution in [1.29, 1.82) is 5.26 Å². The smallest absolute Gasteiger partial charge is 0.307 e. The van der Waals surface area contributed by atoms with Crippen LogP contribution >= 0.6 is 0 Å². The molecule has 0 aliphatic carbocycles. The summed E-state index contributed by atoms with van der Waals surface area (Å²) in [5, 5.41) is 17.1. The summed E-state index contributed by atoms with van der Waals surface area (Å²) >= 11 is 0. The van der Waals surface area contributed by atoms with Crippen molar-refractivity contribution in [1.82, 2.24) is 0 Å². The molecule has 0 saturated heterocycles. The number of nitriles is 1. The fourth-order valence-corrected chi connectivity index (χ4v) is 1.15. The van der Waals surface area contributed by atoms with E-state index < -0.39 is 12.6 Å². The first-order chi connectivity index (χ1) is 6.67. The van der Waals surface area contributed by atoms with Crippen molar-refractivity contribution in [2.75, 3.05) is 0 Å². The lowest BCUT2D eigenvalue weighted by molar-refractivity contribution is -0.136. The second kappa shape index (κ2) is 4.38. The quantitative estimate of drug-likeness (QED) is 0.793. The number of nitrogens with zero attached hydrogens (tertiary/aromatic N) is 1. The molecule has 1 aromatic rings. The summed E-state index contributed by atoms with van der Waals surface area (Å²) < 4.78 is 12.4. The number of benzene rings is 1. The van der Waals surface area contributed by atoms with Gasteiger partial charge in [0.2, 0.25) is 0 Å². The lowest BCUT2D eigenvalue weighted by atomic mass is 10.0. The maximum atomic E-state index is 12.4. The van der Waals surface area contributed by atoms with Gasteiger partial charge in [0.1, 0.15) is 6.67 Å². The van der Waals surface area contributed by atoms with Gasteiger partial charge in [-0.05, 0) is 23.3 Å². The van der Waals surface area contributed by atoms with E-state index in [0.717, 1.165) is 0 Å². The van der Waals surface area contributed by atoms with E-state index in [9.17, 15) is 9.18 Å². The summed E-state index contributed by atoms with van der Waals surface area (Å²) in [7, 11) is 0. The Balaban J connectivity index is 3.09. The van der Waals surface area contributed by atoms with Crippen LogP contribution in [0.5, 0.6) is 0 Å². The van der Waals surface area contributed by atoms with Crippen molar-refractivity contribution in [2.24, 2.45) is 0 Å². The molecule has 1 aromatic carbocycles. The molecular weight excluding hydrogens is 185 g/mol. The third-order valence-corrected chi connectivity index (χ3v) is 1.82. The van der Waals surface area contributed by atoms with Crippen LogP contribution in [0.2, 0.25) is 0 Å². The normalized spacial score (nSPS) is 9.43. The second-order valence-corrected chi connectivity index (χ2v) is 2.80. The van der Waals surface area contributed by atoms with Crippen LogP contribution in [0.3, 0.4) is 0 Å². The van der Waals surface area contributed by atoms with Gasteiger partial charge in [-0.1, -0.05) is 6.07 Å². The minimum Gasteiger partial charge on any atom is -0.481 e. The Kier molecular flexibility index (Phi) is 3.19. The first kappa shape index (κ1) is 10.2. The fourth-order valence-electron chi connectivity index (χ4n) is 1.15. The van der Waals surface area contributed by atoms with Crippen LogP contribution in [0.25, 0.3) is 0 Å². The first-order valence-corrected chi connectivity index (χ1v) is 3.97. The van der Waals surface area contributed by atoms with Gasteiger partial charge < -0.3 is 5.11 Å². The standard InChI is InChI=1S/C10H8FNO2/c11-5-8-2-1-7(6-12)3-9(8)4-10(13)14/h1-3H,4-5H2,(H,13,14). The minimum absolute atomic E-state index is 0.255. The number of carbonyl (C=O) groups is 1. The molecule has 0 bridgehead atoms. The summed E-state index contributed by atoms with van der Waals surface area (Å²) in [6.07, 6.45) is -0.255. The molecule has 0 fully saturated rings. The minimum atomic E-state index is -1.03. The van der Waals surface area contributed by atoms with Crippen LogP contribution in [0.4, 0.5) is 4.39 Å². The largest absolute Gasteiger partial charge is 0.481 e. The number of carboxylic acid groups (broad SMARTS) is 1. The van der Waals surface area contributed by atoms with E-state index in [1.165, 1.54) is 18.2 Å². The molecule has 0 amide bonds. The van der Waals surface area contributed by atoms with Crippen LogP contribution in [-0.2, 0) is 17.9 Å². The number of carboxylic acids is 1. The average Bonchev–Trinajstić information content (AvgIpc) is 2.16. The summed E-state index contributed by atoms with van der Waals surface area (Å²) in [6, 6.07) is 6.20. The molecular formula is C10H8FNO2. The van der Waals surface area contributed by atoms with Crippen LogP contribution in [0, 0.1) is 11.3 Å². The van der Waals surface area contributed by atoms with Gasteiger partial charge in [-0.2, -0.15) is 5.26 Å². The van der Waals surface area contributed by atoms with Crippen LogP contribution in [-0.4, -0.2) is 11.1 Å². The van der Waals surface area contributed by atoms with Crippen molar-refractivity contribution in [2.45, 2.75) is 13.1 Å². The molecule has 3 nitrogen and oxygen atoms in total. The second-order valence-electron chi connectivity index (χ2n) is 2.80. The maximum absolute atomic E-state index is 12.4. The average molecular weight is 193 g/mol. The summed E-state index contributed by atoms with van der Waals surface area (Å²) in [5.74, 6) is -1.03. The molecule has 0 atom stereocenters. The van der Waals surface area contributed by atoms with Crippen molar-refractivity contribution >= 4 is 5.97 Å². The highest BCUT2D eigenvalue weighted by Gasteiger charge is 2.07. The zero-order chi connectivity index (χ0) is 10.6. The molecule has 0 aliphatic heterocycles. The fraction of sp³-hybridized carbons (Fsp3) is 0.200. The predicted octanol–water partition coefficient (Wildman–Crippen LogP) is 1.65. The van der Waals surface area contributed by atoms with Crippen molar-refractivity contribution in [3.05, 3.63) is 34.9 Å². The molecule has 1 N–H and O–H groups in total. The number of hydrogen-bond donors (Lipinski definition) is 1. The van der Waals surface area contributed by atoms with E-state index in [-0.39, 0.29) is 6.42 Å². The maximum Gasteiger partial charge on any atom is 0.307 e. The Bertz CT molecular complexity index is 396. The van der Waals surface area contributed by atoms with E-state index in [1.54, 1.807) is 0 Å². The Labute approximate surface area is 80.4 Å². The zero-order valence-corrected chi connectivity index (χ0v) is 7.33. The molecule has 72 valence electrons. The van der Waals surface area contributed by atoms with E-state index in [0.29, 0.717) is 16.7 Å². The van der Waals surface area contributed by atoms with Gasteiger partial charge in [-0.15, -0.1) is 0 Å². The number of alkyl halides is 1. The van der Waals surface area contributed by atoms with Gasteiger partial charge in [0.05, 0.1) is 18.1 Å². The van der Waals surface area contributed by atoms with Crippen molar-refractivity contribution in [3.63, 3.8) is 0 Å². The van der Waals surface area contributed by atoms with E-state index in [1.807, 2.05) is 6.07 Å². The SMILES string of the molecule is N#Cc1ccc(CF)c(CC(=O)O)c1. The highest BCUT2D eigenvalue weighted by atomic mass is 19.1. The van der Waals surface area contributed by atoms with E-state index >= 15 is 0 Å². The third-order valence-electron chi connectivity index (χ3n) is 1.82. The van der Waals surface area contributed by atoms with Crippen LogP contribution < -0.4 is 0 Å². The van der Waals surface area contributed by atoms with E-state index in [2.05, 4.69) is 0 Å². The van der Waals surface area contributed by atoms with Gasteiger partial charge in [-0.25, -0.2) is 4.39 Å². The third kappa shape index (κ3) is 2.30. The number of halogens is 1. The zero-order valence-electron chi connectivity index (χ0n) is 7.33. The molecule has 0 spiro atoms.